The van der Waals surface area contributed by atoms with Crippen LogP contribution in [0.15, 0.2) is 0 Å². The highest BCUT2D eigenvalue weighted by Gasteiger charge is 2.41. The summed E-state index contributed by atoms with van der Waals surface area (Å²) in [5.74, 6) is 1.73. The summed E-state index contributed by atoms with van der Waals surface area (Å²) < 4.78 is 6.06. The second-order valence-electron chi connectivity index (χ2n) is 6.61. The minimum atomic E-state index is 0.0233. The van der Waals surface area contributed by atoms with Crippen LogP contribution in [0.4, 0.5) is 0 Å². The second-order valence-corrected chi connectivity index (χ2v) is 6.61. The fourth-order valence-corrected chi connectivity index (χ4v) is 4.19. The maximum Gasteiger partial charge on any atom is 0.0828 e. The highest BCUT2D eigenvalue weighted by atomic mass is 16.5. The van der Waals surface area contributed by atoms with E-state index in [2.05, 4.69) is 33.0 Å². The highest BCUT2D eigenvalue weighted by Crippen LogP contribution is 2.39. The first-order valence-corrected chi connectivity index (χ1v) is 8.95. The van der Waals surface area contributed by atoms with Crippen LogP contribution in [0.25, 0.3) is 0 Å². The molecule has 0 aliphatic heterocycles. The third kappa shape index (κ3) is 4.21. The molecule has 1 rings (SSSR count). The van der Waals surface area contributed by atoms with E-state index in [4.69, 9.17) is 4.74 Å². The van der Waals surface area contributed by atoms with Gasteiger partial charge in [-0.3, -0.25) is 0 Å². The molecule has 1 fully saturated rings. The van der Waals surface area contributed by atoms with E-state index in [-0.39, 0.29) is 5.60 Å². The lowest BCUT2D eigenvalue weighted by molar-refractivity contribution is -0.0695. The Kier molecular flexibility index (Phi) is 8.13. The van der Waals surface area contributed by atoms with Gasteiger partial charge in [-0.15, -0.1) is 0 Å². The molecule has 0 heterocycles. The summed E-state index contributed by atoms with van der Waals surface area (Å²) in [5, 5.41) is 3.85. The fraction of sp³-hybridized carbons (Fsp3) is 1.00. The Balaban J connectivity index is 2.86. The molecule has 2 nitrogen and oxygen atoms in total. The molecule has 20 heavy (non-hydrogen) atoms. The lowest BCUT2D eigenvalue weighted by Crippen LogP contribution is -2.56. The quantitative estimate of drug-likeness (QED) is 0.658. The Labute approximate surface area is 127 Å². The molecule has 120 valence electrons. The molecular formula is C18H37NO. The van der Waals surface area contributed by atoms with Gasteiger partial charge in [-0.05, 0) is 50.5 Å². The first-order valence-electron chi connectivity index (χ1n) is 8.95. The fourth-order valence-electron chi connectivity index (χ4n) is 4.19. The number of nitrogens with one attached hydrogen (secondary N) is 1. The third-order valence-corrected chi connectivity index (χ3v) is 5.66. The van der Waals surface area contributed by atoms with Crippen molar-refractivity contribution in [2.45, 2.75) is 90.7 Å². The van der Waals surface area contributed by atoms with Crippen molar-refractivity contribution in [1.29, 1.82) is 0 Å². The SMILES string of the molecule is CCCNC(C1CCCC(CC)C1)C(CC)(CC)OC. The van der Waals surface area contributed by atoms with Gasteiger partial charge in [-0.1, -0.05) is 47.0 Å². The van der Waals surface area contributed by atoms with Crippen LogP contribution in [0, 0.1) is 11.8 Å². The summed E-state index contributed by atoms with van der Waals surface area (Å²) in [5.41, 5.74) is 0.0233. The van der Waals surface area contributed by atoms with Crippen LogP contribution >= 0.6 is 0 Å². The molecule has 0 aromatic rings. The van der Waals surface area contributed by atoms with Gasteiger partial charge in [0.25, 0.3) is 0 Å². The average Bonchev–Trinajstić information content (AvgIpc) is 2.52. The molecule has 0 amide bonds. The number of hydrogen-bond acceptors (Lipinski definition) is 2. The van der Waals surface area contributed by atoms with E-state index in [1.807, 2.05) is 7.11 Å². The van der Waals surface area contributed by atoms with Gasteiger partial charge >= 0.3 is 0 Å². The van der Waals surface area contributed by atoms with Gasteiger partial charge in [0.1, 0.15) is 0 Å². The molecule has 0 spiro atoms. The Hall–Kier alpha value is -0.0800. The van der Waals surface area contributed by atoms with Gasteiger partial charge < -0.3 is 10.1 Å². The topological polar surface area (TPSA) is 21.3 Å². The van der Waals surface area contributed by atoms with Crippen molar-refractivity contribution in [2.75, 3.05) is 13.7 Å². The Morgan fingerprint density at radius 3 is 2.35 bits per heavy atom. The predicted molar refractivity (Wildman–Crippen MR) is 88.1 cm³/mol. The maximum absolute atomic E-state index is 6.06. The van der Waals surface area contributed by atoms with E-state index in [1.54, 1.807) is 0 Å². The van der Waals surface area contributed by atoms with Crippen LogP contribution < -0.4 is 5.32 Å². The van der Waals surface area contributed by atoms with Gasteiger partial charge in [0, 0.05) is 13.2 Å². The molecule has 0 aromatic carbocycles. The van der Waals surface area contributed by atoms with E-state index in [9.17, 15) is 0 Å². The molecule has 1 aliphatic carbocycles. The summed E-state index contributed by atoms with van der Waals surface area (Å²) in [6.45, 7) is 10.3. The van der Waals surface area contributed by atoms with Crippen molar-refractivity contribution in [3.8, 4) is 0 Å². The molecule has 1 N–H and O–H groups in total. The largest absolute Gasteiger partial charge is 0.377 e. The molecule has 1 saturated carbocycles. The summed E-state index contributed by atoms with van der Waals surface area (Å²) in [6, 6.07) is 0.525. The average molecular weight is 283 g/mol. The Morgan fingerprint density at radius 2 is 1.85 bits per heavy atom. The Morgan fingerprint density at radius 1 is 1.15 bits per heavy atom. The highest BCUT2D eigenvalue weighted by molar-refractivity contribution is 4.97. The first-order chi connectivity index (χ1) is 9.67. The lowest BCUT2D eigenvalue weighted by atomic mass is 9.70. The van der Waals surface area contributed by atoms with Crippen LogP contribution in [-0.2, 0) is 4.74 Å². The molecule has 0 bridgehead atoms. The molecule has 0 radical (unpaired) electrons. The Bertz CT molecular complexity index is 242. The van der Waals surface area contributed by atoms with Crippen LogP contribution in [-0.4, -0.2) is 25.3 Å². The van der Waals surface area contributed by atoms with Crippen LogP contribution in [0.5, 0.6) is 0 Å². The monoisotopic (exact) mass is 283 g/mol. The normalized spacial score (nSPS) is 25.6. The van der Waals surface area contributed by atoms with Crippen LogP contribution in [0.2, 0.25) is 0 Å². The number of ether oxygens (including phenoxy) is 1. The number of rotatable bonds is 9. The summed E-state index contributed by atoms with van der Waals surface area (Å²) in [4.78, 5) is 0. The zero-order chi connectivity index (χ0) is 15.0. The molecule has 0 saturated heterocycles. The molecule has 2 heteroatoms. The summed E-state index contributed by atoms with van der Waals surface area (Å²) in [7, 11) is 1.91. The van der Waals surface area contributed by atoms with Gasteiger partial charge in [0.15, 0.2) is 0 Å². The molecule has 1 aliphatic rings. The molecule has 3 atom stereocenters. The van der Waals surface area contributed by atoms with Gasteiger partial charge in [-0.25, -0.2) is 0 Å². The van der Waals surface area contributed by atoms with Crippen molar-refractivity contribution in [1.82, 2.24) is 5.32 Å². The minimum absolute atomic E-state index is 0.0233. The summed E-state index contributed by atoms with van der Waals surface area (Å²) in [6.07, 6.45) is 10.4. The zero-order valence-corrected chi connectivity index (χ0v) is 14.5. The maximum atomic E-state index is 6.06. The second kappa shape index (κ2) is 9.04. The minimum Gasteiger partial charge on any atom is -0.377 e. The summed E-state index contributed by atoms with van der Waals surface area (Å²) >= 11 is 0. The van der Waals surface area contributed by atoms with E-state index >= 15 is 0 Å². The lowest BCUT2D eigenvalue weighted by Gasteiger charge is -2.45. The van der Waals surface area contributed by atoms with Gasteiger partial charge in [-0.2, -0.15) is 0 Å². The smallest absolute Gasteiger partial charge is 0.0828 e. The van der Waals surface area contributed by atoms with E-state index < -0.39 is 0 Å². The van der Waals surface area contributed by atoms with Crippen molar-refractivity contribution < 1.29 is 4.74 Å². The van der Waals surface area contributed by atoms with Crippen LogP contribution in [0.3, 0.4) is 0 Å². The van der Waals surface area contributed by atoms with Crippen molar-refractivity contribution >= 4 is 0 Å². The van der Waals surface area contributed by atoms with Gasteiger partial charge in [0.2, 0.25) is 0 Å². The third-order valence-electron chi connectivity index (χ3n) is 5.66. The molecular weight excluding hydrogens is 246 g/mol. The predicted octanol–water partition coefficient (Wildman–Crippen LogP) is 4.78. The zero-order valence-electron chi connectivity index (χ0n) is 14.5. The van der Waals surface area contributed by atoms with E-state index in [1.165, 1.54) is 38.5 Å². The van der Waals surface area contributed by atoms with Gasteiger partial charge in [0.05, 0.1) is 5.60 Å². The standard InChI is InChI=1S/C18H37NO/c1-6-13-19-17(18(8-3,9-4)20-5)16-12-10-11-15(7-2)14-16/h15-17,19H,6-14H2,1-5H3. The van der Waals surface area contributed by atoms with Crippen LogP contribution in [0.1, 0.15) is 79.1 Å². The van der Waals surface area contributed by atoms with E-state index in [0.717, 1.165) is 31.2 Å². The van der Waals surface area contributed by atoms with Crippen molar-refractivity contribution in [2.24, 2.45) is 11.8 Å². The number of methoxy groups -OCH3 is 1. The molecule has 3 unspecified atom stereocenters. The first kappa shape index (κ1) is 18.0. The van der Waals surface area contributed by atoms with E-state index in [0.29, 0.717) is 6.04 Å². The van der Waals surface area contributed by atoms with Crippen molar-refractivity contribution in [3.63, 3.8) is 0 Å². The number of hydrogen-bond donors (Lipinski definition) is 1. The molecule has 0 aromatic heterocycles. The van der Waals surface area contributed by atoms with Crippen molar-refractivity contribution in [3.05, 3.63) is 0 Å².